The summed E-state index contributed by atoms with van der Waals surface area (Å²) in [5.74, 6) is 0. The van der Waals surface area contributed by atoms with Crippen molar-refractivity contribution in [3.05, 3.63) is 36.0 Å². The fraction of sp³-hybridized carbons (Fsp3) is 0.273. The predicted molar refractivity (Wildman–Crippen MR) is 57.3 cm³/mol. The highest BCUT2D eigenvalue weighted by Crippen LogP contribution is 2.29. The topological polar surface area (TPSA) is 62.0 Å². The van der Waals surface area contributed by atoms with Gasteiger partial charge in [0.2, 0.25) is 0 Å². The van der Waals surface area contributed by atoms with Gasteiger partial charge in [-0.15, -0.1) is 0 Å². The monoisotopic (exact) mass is 244 g/mol. The molecule has 0 fully saturated rings. The van der Waals surface area contributed by atoms with Crippen LogP contribution in [0.3, 0.4) is 0 Å². The molecule has 2 rings (SSSR count). The zero-order chi connectivity index (χ0) is 12.6. The molecule has 1 aromatic heterocycles. The second-order valence-electron chi connectivity index (χ2n) is 3.84. The molecule has 1 heterocycles. The molecule has 92 valence electrons. The molecule has 0 spiro atoms. The maximum Gasteiger partial charge on any atom is 0.416 e. The van der Waals surface area contributed by atoms with E-state index >= 15 is 0 Å². The molecule has 0 saturated carbocycles. The molecular weight excluding hydrogens is 233 g/mol. The maximum atomic E-state index is 12.3. The van der Waals surface area contributed by atoms with Gasteiger partial charge >= 0.3 is 6.18 Å². The number of benzene rings is 1. The van der Waals surface area contributed by atoms with Gasteiger partial charge in [-0.1, -0.05) is 12.1 Å². The van der Waals surface area contributed by atoms with Crippen LogP contribution in [0.5, 0.6) is 0 Å². The van der Waals surface area contributed by atoms with E-state index in [1.165, 1.54) is 12.1 Å². The lowest BCUT2D eigenvalue weighted by molar-refractivity contribution is -0.210. The first kappa shape index (κ1) is 11.9. The second kappa shape index (κ2) is 4.05. The number of aliphatic hydroxyl groups is 1. The predicted octanol–water partition coefficient (Wildman–Crippen LogP) is 2.09. The summed E-state index contributed by atoms with van der Waals surface area (Å²) in [5.41, 5.74) is 6.33. The van der Waals surface area contributed by atoms with Gasteiger partial charge in [0.25, 0.3) is 0 Å². The van der Waals surface area contributed by atoms with E-state index in [-0.39, 0.29) is 5.56 Å². The van der Waals surface area contributed by atoms with E-state index in [1.807, 2.05) is 0 Å². The Morgan fingerprint density at radius 1 is 1.24 bits per heavy atom. The summed E-state index contributed by atoms with van der Waals surface area (Å²) in [7, 11) is 0. The van der Waals surface area contributed by atoms with Crippen molar-refractivity contribution in [3.8, 4) is 0 Å². The Hall–Kier alpha value is -1.53. The number of hydrogen-bond acceptors (Lipinski definition) is 2. The van der Waals surface area contributed by atoms with E-state index in [9.17, 15) is 13.2 Å². The van der Waals surface area contributed by atoms with Gasteiger partial charge in [0.1, 0.15) is 0 Å². The van der Waals surface area contributed by atoms with Gasteiger partial charge in [-0.2, -0.15) is 13.2 Å². The molecule has 0 unspecified atom stereocenters. The first-order valence-corrected chi connectivity index (χ1v) is 4.97. The number of nitrogens with one attached hydrogen (secondary N) is 1. The maximum absolute atomic E-state index is 12.3. The van der Waals surface area contributed by atoms with Gasteiger partial charge in [0.05, 0.1) is 6.04 Å². The van der Waals surface area contributed by atoms with E-state index in [0.29, 0.717) is 5.52 Å². The number of halogens is 3. The van der Waals surface area contributed by atoms with Gasteiger partial charge in [-0.25, -0.2) is 0 Å². The van der Waals surface area contributed by atoms with Crippen LogP contribution in [0.4, 0.5) is 13.2 Å². The number of rotatable bonds is 2. The lowest BCUT2D eigenvalue weighted by Gasteiger charge is -2.21. The van der Waals surface area contributed by atoms with Gasteiger partial charge in [-0.05, 0) is 23.1 Å². The van der Waals surface area contributed by atoms with Crippen LogP contribution < -0.4 is 5.73 Å². The Kier molecular flexibility index (Phi) is 2.84. The average Bonchev–Trinajstić information content (AvgIpc) is 2.72. The molecule has 4 N–H and O–H groups in total. The normalized spacial score (nSPS) is 16.1. The molecule has 0 radical (unpaired) electrons. The van der Waals surface area contributed by atoms with E-state index < -0.39 is 18.3 Å². The van der Waals surface area contributed by atoms with Gasteiger partial charge in [0, 0.05) is 11.7 Å². The molecule has 2 atom stereocenters. The number of aromatic nitrogens is 1. The van der Waals surface area contributed by atoms with E-state index in [2.05, 4.69) is 4.98 Å². The Morgan fingerprint density at radius 2 is 1.94 bits per heavy atom. The number of hydrogen-bond donors (Lipinski definition) is 3. The van der Waals surface area contributed by atoms with Crippen molar-refractivity contribution in [2.45, 2.75) is 18.3 Å². The summed E-state index contributed by atoms with van der Waals surface area (Å²) in [6.45, 7) is 0. The molecule has 2 aromatic rings. The molecule has 17 heavy (non-hydrogen) atoms. The van der Waals surface area contributed by atoms with Crippen molar-refractivity contribution >= 4 is 10.9 Å². The Labute approximate surface area is 95.0 Å². The Balaban J connectivity index is 2.32. The van der Waals surface area contributed by atoms with Crippen LogP contribution in [0.15, 0.2) is 30.5 Å². The number of alkyl halides is 3. The highest BCUT2D eigenvalue weighted by Gasteiger charge is 2.42. The Morgan fingerprint density at radius 3 is 2.59 bits per heavy atom. The summed E-state index contributed by atoms with van der Waals surface area (Å²) >= 11 is 0. The SMILES string of the molecule is N[C@@H](c1ccc2cc[nH]c2c1)[C@H](O)C(F)(F)F. The van der Waals surface area contributed by atoms with Crippen molar-refractivity contribution in [1.82, 2.24) is 4.98 Å². The molecular formula is C11H11F3N2O. The summed E-state index contributed by atoms with van der Waals surface area (Å²) < 4.78 is 36.9. The van der Waals surface area contributed by atoms with E-state index in [0.717, 1.165) is 5.39 Å². The summed E-state index contributed by atoms with van der Waals surface area (Å²) in [4.78, 5) is 2.87. The van der Waals surface area contributed by atoms with E-state index in [4.69, 9.17) is 10.8 Å². The number of H-pyrrole nitrogens is 1. The van der Waals surface area contributed by atoms with Crippen molar-refractivity contribution in [2.75, 3.05) is 0 Å². The highest BCUT2D eigenvalue weighted by molar-refractivity contribution is 5.80. The number of aliphatic hydroxyl groups excluding tert-OH is 1. The third kappa shape index (κ3) is 2.27. The van der Waals surface area contributed by atoms with Crippen LogP contribution in [0.25, 0.3) is 10.9 Å². The van der Waals surface area contributed by atoms with Gasteiger partial charge in [-0.3, -0.25) is 0 Å². The van der Waals surface area contributed by atoms with Crippen molar-refractivity contribution in [2.24, 2.45) is 5.73 Å². The Bertz CT molecular complexity index is 521. The number of nitrogens with two attached hydrogens (primary N) is 1. The van der Waals surface area contributed by atoms with Crippen LogP contribution in [0, 0.1) is 0 Å². The standard InChI is InChI=1S/C11H11F3N2O/c12-11(13,14)10(17)9(15)7-2-1-6-3-4-16-8(6)5-7/h1-5,9-10,16-17H,15H2/t9-,10-/m0/s1. The molecule has 0 aliphatic heterocycles. The first-order chi connectivity index (χ1) is 7.89. The minimum absolute atomic E-state index is 0.241. The zero-order valence-corrected chi connectivity index (χ0v) is 8.70. The molecule has 0 aliphatic carbocycles. The number of aromatic amines is 1. The van der Waals surface area contributed by atoms with Crippen LogP contribution in [-0.4, -0.2) is 22.4 Å². The quantitative estimate of drug-likeness (QED) is 0.757. The molecule has 0 bridgehead atoms. The summed E-state index contributed by atoms with van der Waals surface area (Å²) in [6.07, 6.45) is -5.60. The lowest BCUT2D eigenvalue weighted by Crippen LogP contribution is -2.38. The highest BCUT2D eigenvalue weighted by atomic mass is 19.4. The van der Waals surface area contributed by atoms with Crippen LogP contribution in [0.1, 0.15) is 11.6 Å². The van der Waals surface area contributed by atoms with Gasteiger partial charge in [0.15, 0.2) is 6.10 Å². The molecule has 0 aliphatic rings. The summed E-state index contributed by atoms with van der Waals surface area (Å²) in [6, 6.07) is 4.96. The molecule has 0 amide bonds. The second-order valence-corrected chi connectivity index (χ2v) is 3.84. The van der Waals surface area contributed by atoms with Crippen molar-refractivity contribution in [3.63, 3.8) is 0 Å². The van der Waals surface area contributed by atoms with Crippen molar-refractivity contribution in [1.29, 1.82) is 0 Å². The van der Waals surface area contributed by atoms with Gasteiger partial charge < -0.3 is 15.8 Å². The first-order valence-electron chi connectivity index (χ1n) is 4.97. The molecule has 3 nitrogen and oxygen atoms in total. The summed E-state index contributed by atoms with van der Waals surface area (Å²) in [5, 5.41) is 9.95. The molecule has 6 heteroatoms. The average molecular weight is 244 g/mol. The molecule has 0 saturated heterocycles. The van der Waals surface area contributed by atoms with Crippen LogP contribution in [0.2, 0.25) is 0 Å². The van der Waals surface area contributed by atoms with E-state index in [1.54, 1.807) is 18.3 Å². The van der Waals surface area contributed by atoms with Crippen LogP contribution >= 0.6 is 0 Å². The third-order valence-electron chi connectivity index (χ3n) is 2.64. The fourth-order valence-corrected chi connectivity index (χ4v) is 1.66. The van der Waals surface area contributed by atoms with Crippen molar-refractivity contribution < 1.29 is 18.3 Å². The fourth-order valence-electron chi connectivity index (χ4n) is 1.66. The largest absolute Gasteiger partial charge is 0.416 e. The number of fused-ring (bicyclic) bond motifs is 1. The lowest BCUT2D eigenvalue weighted by atomic mass is 10.0. The smallest absolute Gasteiger partial charge is 0.382 e. The third-order valence-corrected chi connectivity index (χ3v) is 2.64. The minimum Gasteiger partial charge on any atom is -0.382 e. The minimum atomic E-state index is -4.72. The van der Waals surface area contributed by atoms with Crippen LogP contribution in [-0.2, 0) is 0 Å². The molecule has 1 aromatic carbocycles. The zero-order valence-electron chi connectivity index (χ0n) is 8.70.